The van der Waals surface area contributed by atoms with Gasteiger partial charge in [0.2, 0.25) is 0 Å². The molecule has 0 radical (unpaired) electrons. The lowest BCUT2D eigenvalue weighted by Crippen LogP contribution is -2.02. The Morgan fingerprint density at radius 2 is 1.86 bits per heavy atom. The van der Waals surface area contributed by atoms with Crippen molar-refractivity contribution in [1.29, 1.82) is 0 Å². The van der Waals surface area contributed by atoms with Gasteiger partial charge in [-0.3, -0.25) is 0 Å². The highest BCUT2D eigenvalue weighted by atomic mass is 19.3. The van der Waals surface area contributed by atoms with Gasteiger partial charge in [-0.05, 0) is 17.7 Å². The number of alkyl halides is 2. The fourth-order valence-electron chi connectivity index (χ4n) is 1.03. The summed E-state index contributed by atoms with van der Waals surface area (Å²) in [5.41, 5.74) is 0.779. The van der Waals surface area contributed by atoms with Gasteiger partial charge >= 0.3 is 6.61 Å². The Hall–Kier alpha value is -1.45. The summed E-state index contributed by atoms with van der Waals surface area (Å²) in [6, 6.07) is 6.02. The van der Waals surface area contributed by atoms with E-state index in [0.29, 0.717) is 0 Å². The topological polar surface area (TPSA) is 26.3 Å². The predicted molar refractivity (Wildman–Crippen MR) is 47.6 cm³/mol. The molecule has 0 aliphatic carbocycles. The molecule has 2 nitrogen and oxygen atoms in total. The largest absolute Gasteiger partial charge is 0.435 e. The summed E-state index contributed by atoms with van der Waals surface area (Å²) in [6.07, 6.45) is 0.795. The highest BCUT2D eigenvalue weighted by Gasteiger charge is 2.06. The number of hydrogen-bond donors (Lipinski definition) is 0. The average Bonchev–Trinajstić information content (AvgIpc) is 2.17. The second-order valence-electron chi connectivity index (χ2n) is 2.87. The van der Waals surface area contributed by atoms with Gasteiger partial charge in [-0.2, -0.15) is 8.78 Å². The van der Waals surface area contributed by atoms with E-state index >= 15 is 0 Å². The van der Waals surface area contributed by atoms with Gasteiger partial charge < -0.3 is 9.53 Å². The molecule has 0 heterocycles. The van der Waals surface area contributed by atoms with Crippen molar-refractivity contribution in [3.8, 4) is 5.75 Å². The Bertz CT molecular complexity index is 295. The van der Waals surface area contributed by atoms with E-state index in [2.05, 4.69) is 4.74 Å². The number of hydrogen-bond acceptors (Lipinski definition) is 2. The average molecular weight is 200 g/mol. The van der Waals surface area contributed by atoms with E-state index in [1.54, 1.807) is 19.1 Å². The Morgan fingerprint density at radius 1 is 1.29 bits per heavy atom. The molecule has 0 aliphatic heterocycles. The minimum atomic E-state index is -2.82. The first-order valence-electron chi connectivity index (χ1n) is 4.13. The third kappa shape index (κ3) is 2.80. The monoisotopic (exact) mass is 200 g/mol. The molecule has 1 unspecified atom stereocenters. The van der Waals surface area contributed by atoms with Crippen molar-refractivity contribution in [2.24, 2.45) is 0 Å². The zero-order valence-electron chi connectivity index (χ0n) is 7.61. The predicted octanol–water partition coefficient (Wildman–Crippen LogP) is 2.59. The Kier molecular flexibility index (Phi) is 3.56. The molecule has 0 saturated carbocycles. The van der Waals surface area contributed by atoms with Gasteiger partial charge in [0.15, 0.2) is 0 Å². The number of aldehydes is 1. The van der Waals surface area contributed by atoms with Crippen LogP contribution in [-0.4, -0.2) is 12.9 Å². The smallest absolute Gasteiger partial charge is 0.387 e. The maximum atomic E-state index is 11.8. The van der Waals surface area contributed by atoms with Crippen molar-refractivity contribution in [2.45, 2.75) is 19.5 Å². The van der Waals surface area contributed by atoms with E-state index in [9.17, 15) is 13.6 Å². The Balaban J connectivity index is 2.73. The molecule has 4 heteroatoms. The lowest BCUT2D eigenvalue weighted by molar-refractivity contribution is -0.108. The molecule has 76 valence electrons. The van der Waals surface area contributed by atoms with Crippen molar-refractivity contribution in [2.75, 3.05) is 0 Å². The molecule has 0 N–H and O–H groups in total. The molecular formula is C10H10F2O2. The summed E-state index contributed by atoms with van der Waals surface area (Å²) in [7, 11) is 0. The van der Waals surface area contributed by atoms with Crippen LogP contribution in [0.4, 0.5) is 8.78 Å². The van der Waals surface area contributed by atoms with Gasteiger partial charge in [-0.15, -0.1) is 0 Å². The SMILES string of the molecule is CC(C=O)c1ccc(OC(F)F)cc1. The highest BCUT2D eigenvalue weighted by Crippen LogP contribution is 2.19. The molecular weight excluding hydrogens is 190 g/mol. The zero-order chi connectivity index (χ0) is 10.6. The van der Waals surface area contributed by atoms with Crippen molar-refractivity contribution >= 4 is 6.29 Å². The van der Waals surface area contributed by atoms with Gasteiger partial charge in [-0.1, -0.05) is 19.1 Å². The fraction of sp³-hybridized carbons (Fsp3) is 0.300. The fourth-order valence-corrected chi connectivity index (χ4v) is 1.03. The molecule has 0 aliphatic rings. The lowest BCUT2D eigenvalue weighted by atomic mass is 10.0. The quantitative estimate of drug-likeness (QED) is 0.698. The molecule has 0 fully saturated rings. The second kappa shape index (κ2) is 4.69. The number of carbonyl (C=O) groups excluding carboxylic acids is 1. The molecule has 14 heavy (non-hydrogen) atoms. The van der Waals surface area contributed by atoms with E-state index in [-0.39, 0.29) is 11.7 Å². The summed E-state index contributed by atoms with van der Waals surface area (Å²) >= 11 is 0. The molecule has 1 aromatic carbocycles. The van der Waals surface area contributed by atoms with Crippen molar-refractivity contribution in [3.63, 3.8) is 0 Å². The van der Waals surface area contributed by atoms with Gasteiger partial charge in [0.05, 0.1) is 0 Å². The Morgan fingerprint density at radius 3 is 2.29 bits per heavy atom. The van der Waals surface area contributed by atoms with Crippen LogP contribution < -0.4 is 4.74 Å². The van der Waals surface area contributed by atoms with Crippen molar-refractivity contribution in [3.05, 3.63) is 29.8 Å². The summed E-state index contributed by atoms with van der Waals surface area (Å²) in [5.74, 6) is -0.127. The molecule has 1 atom stereocenters. The molecule has 0 bridgehead atoms. The zero-order valence-corrected chi connectivity index (χ0v) is 7.61. The molecule has 0 saturated heterocycles. The molecule has 0 aromatic heterocycles. The van der Waals surface area contributed by atoms with E-state index in [1.807, 2.05) is 0 Å². The van der Waals surface area contributed by atoms with Crippen LogP contribution in [0, 0.1) is 0 Å². The first-order valence-corrected chi connectivity index (χ1v) is 4.13. The second-order valence-corrected chi connectivity index (χ2v) is 2.87. The van der Waals surface area contributed by atoms with E-state index in [4.69, 9.17) is 0 Å². The van der Waals surface area contributed by atoms with Gasteiger partial charge in [0, 0.05) is 5.92 Å². The molecule has 0 spiro atoms. The summed E-state index contributed by atoms with van der Waals surface area (Å²) in [5, 5.41) is 0. The standard InChI is InChI=1S/C10H10F2O2/c1-7(6-13)8-2-4-9(5-3-8)14-10(11)12/h2-7,10H,1H3. The van der Waals surface area contributed by atoms with Gasteiger partial charge in [-0.25, -0.2) is 0 Å². The van der Waals surface area contributed by atoms with Crippen LogP contribution in [0.1, 0.15) is 18.4 Å². The minimum absolute atomic E-state index is 0.0989. The third-order valence-corrected chi connectivity index (χ3v) is 1.84. The number of rotatable bonds is 4. The maximum Gasteiger partial charge on any atom is 0.387 e. The van der Waals surface area contributed by atoms with Gasteiger partial charge in [0.25, 0.3) is 0 Å². The van der Waals surface area contributed by atoms with Crippen LogP contribution in [0.3, 0.4) is 0 Å². The number of benzene rings is 1. The first kappa shape index (κ1) is 10.6. The highest BCUT2D eigenvalue weighted by molar-refractivity contribution is 5.61. The van der Waals surface area contributed by atoms with E-state index in [1.165, 1.54) is 12.1 Å². The molecule has 1 aromatic rings. The Labute approximate surface area is 80.5 Å². The molecule has 1 rings (SSSR count). The summed E-state index contributed by atoms with van der Waals surface area (Å²) < 4.78 is 27.7. The van der Waals surface area contributed by atoms with Crippen molar-refractivity contribution in [1.82, 2.24) is 0 Å². The van der Waals surface area contributed by atoms with Crippen LogP contribution in [0.25, 0.3) is 0 Å². The van der Waals surface area contributed by atoms with Crippen LogP contribution in [0.5, 0.6) is 5.75 Å². The maximum absolute atomic E-state index is 11.8. The molecule has 0 amide bonds. The van der Waals surface area contributed by atoms with E-state index < -0.39 is 6.61 Å². The number of carbonyl (C=O) groups is 1. The lowest BCUT2D eigenvalue weighted by Gasteiger charge is -2.06. The van der Waals surface area contributed by atoms with Crippen molar-refractivity contribution < 1.29 is 18.3 Å². The third-order valence-electron chi connectivity index (χ3n) is 1.84. The van der Waals surface area contributed by atoms with E-state index in [0.717, 1.165) is 11.8 Å². The summed E-state index contributed by atoms with van der Waals surface area (Å²) in [6.45, 7) is -1.08. The first-order chi connectivity index (χ1) is 6.63. The minimum Gasteiger partial charge on any atom is -0.435 e. The van der Waals surface area contributed by atoms with Crippen LogP contribution in [0.2, 0.25) is 0 Å². The van der Waals surface area contributed by atoms with Gasteiger partial charge in [0.1, 0.15) is 12.0 Å². The van der Waals surface area contributed by atoms with Crippen LogP contribution in [0.15, 0.2) is 24.3 Å². The van der Waals surface area contributed by atoms with Crippen LogP contribution >= 0.6 is 0 Å². The number of halogens is 2. The normalized spacial score (nSPS) is 12.6. The van der Waals surface area contributed by atoms with Crippen LogP contribution in [-0.2, 0) is 4.79 Å². The number of ether oxygens (including phenoxy) is 1. The summed E-state index contributed by atoms with van der Waals surface area (Å²) in [4.78, 5) is 10.4.